The van der Waals surface area contributed by atoms with E-state index in [-0.39, 0.29) is 0 Å². The highest BCUT2D eigenvalue weighted by Gasteiger charge is 2.00. The maximum absolute atomic E-state index is 8.62. The van der Waals surface area contributed by atoms with Gasteiger partial charge in [-0.1, -0.05) is 11.6 Å². The highest BCUT2D eigenvalue weighted by atomic mass is 35.5. The summed E-state index contributed by atoms with van der Waals surface area (Å²) in [5.41, 5.74) is 6.78. The number of anilines is 1. The summed E-state index contributed by atoms with van der Waals surface area (Å²) in [6.07, 6.45) is 0.899. The topological polar surface area (TPSA) is 61.8 Å². The molecule has 74 valence electrons. The summed E-state index contributed by atoms with van der Waals surface area (Å²) in [6.45, 7) is 1.45. The second-order valence-electron chi connectivity index (χ2n) is 2.88. The molecule has 0 atom stereocenters. The standard InChI is InChI=1S/C10H12ClN3/c11-9-6-8(7-13)2-3-10(9)14-5-1-4-12/h2-3,6,14H,1,4-5,12H2. The van der Waals surface area contributed by atoms with Crippen molar-refractivity contribution in [3.63, 3.8) is 0 Å². The lowest BCUT2D eigenvalue weighted by Crippen LogP contribution is -2.08. The van der Waals surface area contributed by atoms with Gasteiger partial charge in [-0.3, -0.25) is 0 Å². The fourth-order valence-corrected chi connectivity index (χ4v) is 1.30. The smallest absolute Gasteiger partial charge is 0.0992 e. The number of nitrogens with two attached hydrogens (primary N) is 1. The molecule has 0 unspecified atom stereocenters. The molecule has 0 heterocycles. The van der Waals surface area contributed by atoms with Crippen molar-refractivity contribution >= 4 is 17.3 Å². The van der Waals surface area contributed by atoms with Crippen LogP contribution in [0.1, 0.15) is 12.0 Å². The highest BCUT2D eigenvalue weighted by molar-refractivity contribution is 6.33. The number of nitrogens with one attached hydrogen (secondary N) is 1. The predicted molar refractivity (Wildman–Crippen MR) is 58.3 cm³/mol. The first-order chi connectivity index (χ1) is 6.77. The van der Waals surface area contributed by atoms with E-state index in [4.69, 9.17) is 22.6 Å². The molecule has 0 saturated carbocycles. The van der Waals surface area contributed by atoms with Gasteiger partial charge in [0, 0.05) is 6.54 Å². The van der Waals surface area contributed by atoms with Crippen LogP contribution in [0.3, 0.4) is 0 Å². The molecule has 0 radical (unpaired) electrons. The molecule has 0 aliphatic carbocycles. The zero-order valence-electron chi connectivity index (χ0n) is 7.76. The van der Waals surface area contributed by atoms with E-state index in [0.717, 1.165) is 18.7 Å². The molecule has 0 amide bonds. The highest BCUT2D eigenvalue weighted by Crippen LogP contribution is 2.22. The minimum absolute atomic E-state index is 0.569. The first kappa shape index (κ1) is 10.8. The lowest BCUT2D eigenvalue weighted by molar-refractivity contribution is 0.874. The molecule has 1 aromatic carbocycles. The Labute approximate surface area is 88.5 Å². The minimum atomic E-state index is 0.569. The first-order valence-electron chi connectivity index (χ1n) is 4.41. The molecule has 1 rings (SSSR count). The fraction of sp³-hybridized carbons (Fsp3) is 0.300. The van der Waals surface area contributed by atoms with Crippen LogP contribution in [-0.4, -0.2) is 13.1 Å². The summed E-state index contributed by atoms with van der Waals surface area (Å²) in [5.74, 6) is 0. The van der Waals surface area contributed by atoms with E-state index < -0.39 is 0 Å². The van der Waals surface area contributed by atoms with Gasteiger partial charge in [-0.2, -0.15) is 5.26 Å². The van der Waals surface area contributed by atoms with Crippen molar-refractivity contribution in [2.45, 2.75) is 6.42 Å². The van der Waals surface area contributed by atoms with Crippen LogP contribution in [0, 0.1) is 11.3 Å². The predicted octanol–water partition coefficient (Wildman–Crippen LogP) is 1.97. The molecular formula is C10H12ClN3. The molecule has 0 aliphatic heterocycles. The number of nitriles is 1. The number of hydrogen-bond acceptors (Lipinski definition) is 3. The maximum atomic E-state index is 8.62. The monoisotopic (exact) mass is 209 g/mol. The molecule has 3 nitrogen and oxygen atoms in total. The van der Waals surface area contributed by atoms with Crippen molar-refractivity contribution in [1.82, 2.24) is 0 Å². The van der Waals surface area contributed by atoms with Crippen molar-refractivity contribution in [2.75, 3.05) is 18.4 Å². The van der Waals surface area contributed by atoms with Crippen molar-refractivity contribution < 1.29 is 0 Å². The Morgan fingerprint density at radius 2 is 2.29 bits per heavy atom. The van der Waals surface area contributed by atoms with E-state index in [1.165, 1.54) is 0 Å². The summed E-state index contributed by atoms with van der Waals surface area (Å²) in [6, 6.07) is 7.21. The number of rotatable bonds is 4. The normalized spacial score (nSPS) is 9.50. The SMILES string of the molecule is N#Cc1ccc(NCCCN)c(Cl)c1. The lowest BCUT2D eigenvalue weighted by atomic mass is 10.2. The number of halogens is 1. The van der Waals surface area contributed by atoms with E-state index >= 15 is 0 Å². The average molecular weight is 210 g/mol. The van der Waals surface area contributed by atoms with Gasteiger partial charge >= 0.3 is 0 Å². The van der Waals surface area contributed by atoms with Crippen LogP contribution < -0.4 is 11.1 Å². The van der Waals surface area contributed by atoms with Crippen LogP contribution in [0.4, 0.5) is 5.69 Å². The molecule has 0 aromatic heterocycles. The Morgan fingerprint density at radius 3 is 2.86 bits per heavy atom. The largest absolute Gasteiger partial charge is 0.384 e. The second kappa shape index (κ2) is 5.48. The molecule has 4 heteroatoms. The van der Waals surface area contributed by atoms with E-state index in [0.29, 0.717) is 17.1 Å². The molecule has 0 aliphatic rings. The van der Waals surface area contributed by atoms with Crippen LogP contribution in [0.15, 0.2) is 18.2 Å². The van der Waals surface area contributed by atoms with Crippen LogP contribution in [0.5, 0.6) is 0 Å². The van der Waals surface area contributed by atoms with Crippen molar-refractivity contribution in [3.05, 3.63) is 28.8 Å². The van der Waals surface area contributed by atoms with Crippen LogP contribution in [0.2, 0.25) is 5.02 Å². The number of benzene rings is 1. The fourth-order valence-electron chi connectivity index (χ4n) is 1.05. The van der Waals surface area contributed by atoms with Crippen LogP contribution >= 0.6 is 11.6 Å². The molecule has 14 heavy (non-hydrogen) atoms. The lowest BCUT2D eigenvalue weighted by Gasteiger charge is -2.07. The molecule has 0 spiro atoms. The van der Waals surface area contributed by atoms with Crippen molar-refractivity contribution in [2.24, 2.45) is 5.73 Å². The Hall–Kier alpha value is -1.24. The molecule has 1 aromatic rings. The zero-order chi connectivity index (χ0) is 10.4. The van der Waals surface area contributed by atoms with Gasteiger partial charge in [0.05, 0.1) is 22.3 Å². The van der Waals surface area contributed by atoms with Gasteiger partial charge in [0.25, 0.3) is 0 Å². The second-order valence-corrected chi connectivity index (χ2v) is 3.28. The van der Waals surface area contributed by atoms with Gasteiger partial charge in [-0.15, -0.1) is 0 Å². The molecule has 0 saturated heterocycles. The quantitative estimate of drug-likeness (QED) is 0.746. The van der Waals surface area contributed by atoms with Gasteiger partial charge in [-0.25, -0.2) is 0 Å². The average Bonchev–Trinajstić information content (AvgIpc) is 2.20. The van der Waals surface area contributed by atoms with E-state index in [1.807, 2.05) is 6.07 Å². The number of hydrogen-bond donors (Lipinski definition) is 2. The molecular weight excluding hydrogens is 198 g/mol. The van der Waals surface area contributed by atoms with E-state index in [1.54, 1.807) is 18.2 Å². The third-order valence-corrected chi connectivity index (χ3v) is 2.11. The minimum Gasteiger partial charge on any atom is -0.384 e. The van der Waals surface area contributed by atoms with Crippen LogP contribution in [-0.2, 0) is 0 Å². The summed E-state index contributed by atoms with van der Waals surface area (Å²) in [4.78, 5) is 0. The zero-order valence-corrected chi connectivity index (χ0v) is 8.51. The summed E-state index contributed by atoms with van der Waals surface area (Å²) < 4.78 is 0. The van der Waals surface area contributed by atoms with Crippen molar-refractivity contribution in [1.29, 1.82) is 5.26 Å². The molecule has 0 fully saturated rings. The summed E-state index contributed by atoms with van der Waals surface area (Å²) >= 11 is 5.94. The summed E-state index contributed by atoms with van der Waals surface area (Å²) in [7, 11) is 0. The van der Waals surface area contributed by atoms with Gasteiger partial charge in [0.15, 0.2) is 0 Å². The Bertz CT molecular complexity index is 344. The van der Waals surface area contributed by atoms with Gasteiger partial charge in [0.1, 0.15) is 0 Å². The van der Waals surface area contributed by atoms with E-state index in [9.17, 15) is 0 Å². The molecule has 3 N–H and O–H groups in total. The Kier molecular flexibility index (Phi) is 4.24. The van der Waals surface area contributed by atoms with Gasteiger partial charge < -0.3 is 11.1 Å². The van der Waals surface area contributed by atoms with Crippen molar-refractivity contribution in [3.8, 4) is 6.07 Å². The third kappa shape index (κ3) is 2.91. The molecule has 0 bridgehead atoms. The first-order valence-corrected chi connectivity index (χ1v) is 4.79. The van der Waals surface area contributed by atoms with Crippen LogP contribution in [0.25, 0.3) is 0 Å². The van der Waals surface area contributed by atoms with Gasteiger partial charge in [0.2, 0.25) is 0 Å². The Balaban J connectivity index is 2.65. The third-order valence-electron chi connectivity index (χ3n) is 1.79. The van der Waals surface area contributed by atoms with Gasteiger partial charge in [-0.05, 0) is 31.2 Å². The Morgan fingerprint density at radius 1 is 1.50 bits per heavy atom. The maximum Gasteiger partial charge on any atom is 0.0992 e. The number of nitrogens with zero attached hydrogens (tertiary/aromatic N) is 1. The van der Waals surface area contributed by atoms with E-state index in [2.05, 4.69) is 5.32 Å². The summed E-state index contributed by atoms with van der Waals surface area (Å²) in [5, 5.41) is 12.3.